The quantitative estimate of drug-likeness (QED) is 0.771. The fourth-order valence-electron chi connectivity index (χ4n) is 1.33. The molecule has 0 bridgehead atoms. The van der Waals surface area contributed by atoms with Crippen molar-refractivity contribution in [2.45, 2.75) is 13.1 Å². The lowest BCUT2D eigenvalue weighted by atomic mass is 9.93. The minimum Gasteiger partial charge on any atom is -0.396 e. The summed E-state index contributed by atoms with van der Waals surface area (Å²) < 4.78 is 38.2. The first-order chi connectivity index (χ1) is 8.70. The number of anilines is 1. The third kappa shape index (κ3) is 4.67. The summed E-state index contributed by atoms with van der Waals surface area (Å²) in [5.74, 6) is 0. The van der Waals surface area contributed by atoms with Gasteiger partial charge in [0.05, 0.1) is 18.8 Å². The average Bonchev–Trinajstić information content (AvgIpc) is 2.34. The van der Waals surface area contributed by atoms with E-state index in [1.165, 1.54) is 6.07 Å². The van der Waals surface area contributed by atoms with Crippen molar-refractivity contribution in [1.82, 2.24) is 0 Å². The Hall–Kier alpha value is -0.790. The Morgan fingerprint density at radius 2 is 1.74 bits per heavy atom. The van der Waals surface area contributed by atoms with Crippen LogP contribution in [-0.4, -0.2) is 30.0 Å². The third-order valence-corrected chi connectivity index (χ3v) is 3.17. The molecular weight excluding hydrogens is 327 g/mol. The molecule has 0 heterocycles. The summed E-state index contributed by atoms with van der Waals surface area (Å²) in [4.78, 5) is 0. The van der Waals surface area contributed by atoms with Crippen molar-refractivity contribution in [3.63, 3.8) is 0 Å². The molecule has 0 aliphatic carbocycles. The van der Waals surface area contributed by atoms with E-state index in [-0.39, 0.29) is 25.4 Å². The van der Waals surface area contributed by atoms with Crippen molar-refractivity contribution in [3.05, 3.63) is 28.2 Å². The molecule has 0 amide bonds. The van der Waals surface area contributed by atoms with Crippen LogP contribution in [0.1, 0.15) is 12.5 Å². The number of hydrogen-bond donors (Lipinski definition) is 3. The largest absolute Gasteiger partial charge is 0.416 e. The van der Waals surface area contributed by atoms with Crippen LogP contribution in [0.4, 0.5) is 18.9 Å². The molecule has 3 nitrogen and oxygen atoms in total. The number of benzene rings is 1. The zero-order valence-corrected chi connectivity index (χ0v) is 11.8. The summed E-state index contributed by atoms with van der Waals surface area (Å²) >= 11 is 3.02. The van der Waals surface area contributed by atoms with Gasteiger partial charge in [0, 0.05) is 22.1 Å². The highest BCUT2D eigenvalue weighted by Gasteiger charge is 2.31. The van der Waals surface area contributed by atoms with Gasteiger partial charge in [0.25, 0.3) is 0 Å². The van der Waals surface area contributed by atoms with Gasteiger partial charge in [0.1, 0.15) is 0 Å². The normalized spacial score (nSPS) is 12.6. The predicted molar refractivity (Wildman–Crippen MR) is 69.9 cm³/mol. The zero-order chi connectivity index (χ0) is 14.7. The molecule has 1 aromatic carbocycles. The van der Waals surface area contributed by atoms with Crippen LogP contribution in [0.3, 0.4) is 0 Å². The summed E-state index contributed by atoms with van der Waals surface area (Å²) in [5, 5.41) is 21.0. The second-order valence-electron chi connectivity index (χ2n) is 4.71. The molecule has 0 radical (unpaired) electrons. The van der Waals surface area contributed by atoms with Crippen molar-refractivity contribution >= 4 is 21.6 Å². The van der Waals surface area contributed by atoms with Crippen molar-refractivity contribution in [2.75, 3.05) is 25.1 Å². The summed E-state index contributed by atoms with van der Waals surface area (Å²) in [5.41, 5.74) is -1.28. The lowest BCUT2D eigenvalue weighted by Crippen LogP contribution is -2.34. The zero-order valence-electron chi connectivity index (χ0n) is 10.3. The van der Waals surface area contributed by atoms with E-state index in [0.717, 1.165) is 12.1 Å². The number of nitrogens with one attached hydrogen (secondary N) is 1. The maximum atomic E-state index is 12.6. The summed E-state index contributed by atoms with van der Waals surface area (Å²) in [7, 11) is 0. The van der Waals surface area contributed by atoms with Crippen molar-refractivity contribution in [1.29, 1.82) is 0 Å². The first kappa shape index (κ1) is 16.3. The highest BCUT2D eigenvalue weighted by Crippen LogP contribution is 2.33. The van der Waals surface area contributed by atoms with Crippen molar-refractivity contribution in [2.24, 2.45) is 5.41 Å². The van der Waals surface area contributed by atoms with E-state index in [1.807, 2.05) is 0 Å². The first-order valence-electron chi connectivity index (χ1n) is 5.53. The molecule has 0 unspecified atom stereocenters. The van der Waals surface area contributed by atoms with Crippen LogP contribution in [0.5, 0.6) is 0 Å². The van der Waals surface area contributed by atoms with Crippen LogP contribution in [0, 0.1) is 5.41 Å². The predicted octanol–water partition coefficient (Wildman–Crippen LogP) is 2.87. The second kappa shape index (κ2) is 6.11. The van der Waals surface area contributed by atoms with E-state index in [2.05, 4.69) is 21.2 Å². The fourth-order valence-corrected chi connectivity index (χ4v) is 1.83. The van der Waals surface area contributed by atoms with Gasteiger partial charge >= 0.3 is 6.18 Å². The van der Waals surface area contributed by atoms with E-state index >= 15 is 0 Å². The lowest BCUT2D eigenvalue weighted by molar-refractivity contribution is -0.137. The smallest absolute Gasteiger partial charge is 0.396 e. The molecule has 0 saturated heterocycles. The fraction of sp³-hybridized carbons (Fsp3) is 0.500. The molecule has 1 aromatic rings. The second-order valence-corrected chi connectivity index (χ2v) is 5.62. The molecular formula is C12H15BrF3NO2. The number of rotatable bonds is 5. The van der Waals surface area contributed by atoms with Gasteiger partial charge < -0.3 is 15.5 Å². The molecule has 3 N–H and O–H groups in total. The highest BCUT2D eigenvalue weighted by atomic mass is 79.9. The summed E-state index contributed by atoms with van der Waals surface area (Å²) in [6.07, 6.45) is -4.42. The Morgan fingerprint density at radius 3 is 2.21 bits per heavy atom. The van der Waals surface area contributed by atoms with E-state index in [0.29, 0.717) is 4.47 Å². The molecule has 0 fully saturated rings. The minimum absolute atomic E-state index is 0.160. The Morgan fingerprint density at radius 1 is 1.16 bits per heavy atom. The maximum Gasteiger partial charge on any atom is 0.416 e. The van der Waals surface area contributed by atoms with E-state index < -0.39 is 17.2 Å². The number of halogens is 4. The van der Waals surface area contributed by atoms with Crippen LogP contribution >= 0.6 is 15.9 Å². The lowest BCUT2D eigenvalue weighted by Gasteiger charge is -2.25. The van der Waals surface area contributed by atoms with Gasteiger partial charge in [-0.2, -0.15) is 13.2 Å². The Labute approximate surface area is 117 Å². The molecule has 0 atom stereocenters. The van der Waals surface area contributed by atoms with Crippen LogP contribution < -0.4 is 5.32 Å². The van der Waals surface area contributed by atoms with Gasteiger partial charge in [-0.05, 0) is 18.2 Å². The van der Waals surface area contributed by atoms with Crippen LogP contribution in [0.2, 0.25) is 0 Å². The van der Waals surface area contributed by atoms with Crippen molar-refractivity contribution < 1.29 is 23.4 Å². The Balaban J connectivity index is 2.88. The minimum atomic E-state index is -4.42. The molecule has 0 saturated carbocycles. The molecule has 0 aliphatic rings. The SMILES string of the molecule is CC(CO)(CO)CNc1cc(Br)cc(C(F)(F)F)c1. The molecule has 0 aromatic heterocycles. The third-order valence-electron chi connectivity index (χ3n) is 2.71. The van der Waals surface area contributed by atoms with E-state index in [1.54, 1.807) is 6.92 Å². The van der Waals surface area contributed by atoms with Gasteiger partial charge in [-0.3, -0.25) is 0 Å². The molecule has 0 spiro atoms. The highest BCUT2D eigenvalue weighted by molar-refractivity contribution is 9.10. The molecule has 108 valence electrons. The maximum absolute atomic E-state index is 12.6. The summed E-state index contributed by atoms with van der Waals surface area (Å²) in [6, 6.07) is 3.48. The standard InChI is InChI=1S/C12H15BrF3NO2/c1-11(6-18,7-19)5-17-10-3-8(12(14,15)16)2-9(13)4-10/h2-4,17-19H,5-7H2,1H3. The van der Waals surface area contributed by atoms with Gasteiger partial charge in [0.2, 0.25) is 0 Å². The average molecular weight is 342 g/mol. The Bertz CT molecular complexity index is 433. The molecule has 7 heteroatoms. The van der Waals surface area contributed by atoms with Crippen LogP contribution in [-0.2, 0) is 6.18 Å². The van der Waals surface area contributed by atoms with Crippen LogP contribution in [0.15, 0.2) is 22.7 Å². The van der Waals surface area contributed by atoms with Gasteiger partial charge in [-0.1, -0.05) is 22.9 Å². The van der Waals surface area contributed by atoms with Gasteiger partial charge in [-0.25, -0.2) is 0 Å². The number of alkyl halides is 3. The number of aliphatic hydroxyl groups excluding tert-OH is 2. The van der Waals surface area contributed by atoms with Crippen molar-refractivity contribution in [3.8, 4) is 0 Å². The van der Waals surface area contributed by atoms with Gasteiger partial charge in [0.15, 0.2) is 0 Å². The van der Waals surface area contributed by atoms with E-state index in [4.69, 9.17) is 10.2 Å². The topological polar surface area (TPSA) is 52.5 Å². The van der Waals surface area contributed by atoms with Gasteiger partial charge in [-0.15, -0.1) is 0 Å². The monoisotopic (exact) mass is 341 g/mol. The van der Waals surface area contributed by atoms with E-state index in [9.17, 15) is 13.2 Å². The molecule has 0 aliphatic heterocycles. The summed E-state index contributed by atoms with van der Waals surface area (Å²) in [6.45, 7) is 1.25. The number of aliphatic hydroxyl groups is 2. The molecule has 1 rings (SSSR count). The first-order valence-corrected chi connectivity index (χ1v) is 6.33. The number of hydrogen-bond acceptors (Lipinski definition) is 3. The Kier molecular flexibility index (Phi) is 5.23. The van der Waals surface area contributed by atoms with Crippen LogP contribution in [0.25, 0.3) is 0 Å². The molecule has 19 heavy (non-hydrogen) atoms.